The lowest BCUT2D eigenvalue weighted by molar-refractivity contribution is -0.139. The number of carboxylic acids is 1. The highest BCUT2D eigenvalue weighted by Gasteiger charge is 2.21. The van der Waals surface area contributed by atoms with Gasteiger partial charge in [-0.2, -0.15) is 0 Å². The predicted octanol–water partition coefficient (Wildman–Crippen LogP) is 2.75. The second kappa shape index (κ2) is 5.10. The number of ether oxygens (including phenoxy) is 1. The molecule has 98 valence electrons. The van der Waals surface area contributed by atoms with E-state index < -0.39 is 11.9 Å². The minimum absolute atomic E-state index is 0.384. The molecule has 0 aliphatic carbocycles. The van der Waals surface area contributed by atoms with Crippen LogP contribution in [0, 0.1) is 5.92 Å². The van der Waals surface area contributed by atoms with Gasteiger partial charge in [-0.1, -0.05) is 18.2 Å². The molecule has 0 heterocycles. The predicted molar refractivity (Wildman–Crippen MR) is 71.6 cm³/mol. The fraction of sp³-hybridized carbons (Fsp3) is 0.200. The molecule has 0 amide bonds. The van der Waals surface area contributed by atoms with Gasteiger partial charge in [0.1, 0.15) is 11.7 Å². The van der Waals surface area contributed by atoms with Crippen LogP contribution in [-0.4, -0.2) is 24.0 Å². The second-order valence-corrected chi connectivity index (χ2v) is 4.35. The van der Waals surface area contributed by atoms with Crippen molar-refractivity contribution < 1.29 is 19.4 Å². The number of carbonyl (C=O) groups is 2. The Labute approximate surface area is 110 Å². The van der Waals surface area contributed by atoms with Crippen LogP contribution in [0.1, 0.15) is 17.3 Å². The van der Waals surface area contributed by atoms with Crippen LogP contribution in [0.15, 0.2) is 36.4 Å². The van der Waals surface area contributed by atoms with Gasteiger partial charge in [0.15, 0.2) is 5.78 Å². The van der Waals surface area contributed by atoms with Crippen LogP contribution in [0.4, 0.5) is 0 Å². The summed E-state index contributed by atoms with van der Waals surface area (Å²) in [7, 11) is 1.59. The zero-order chi connectivity index (χ0) is 14.0. The number of rotatable bonds is 4. The van der Waals surface area contributed by atoms with E-state index in [1.54, 1.807) is 31.4 Å². The van der Waals surface area contributed by atoms with Crippen LogP contribution in [0.3, 0.4) is 0 Å². The molecule has 4 heteroatoms. The number of hydrogen-bond donors (Lipinski definition) is 1. The van der Waals surface area contributed by atoms with Crippen molar-refractivity contribution in [2.75, 3.05) is 7.11 Å². The van der Waals surface area contributed by atoms with Crippen LogP contribution in [0.2, 0.25) is 0 Å². The molecular formula is C15H14O4. The summed E-state index contributed by atoms with van der Waals surface area (Å²) in [4.78, 5) is 22.8. The largest absolute Gasteiger partial charge is 0.497 e. The van der Waals surface area contributed by atoms with Crippen LogP contribution in [-0.2, 0) is 4.79 Å². The average molecular weight is 258 g/mol. The van der Waals surface area contributed by atoms with Crippen LogP contribution in [0.5, 0.6) is 5.75 Å². The molecule has 0 radical (unpaired) electrons. The van der Waals surface area contributed by atoms with E-state index in [0.717, 1.165) is 16.5 Å². The van der Waals surface area contributed by atoms with E-state index in [9.17, 15) is 9.59 Å². The van der Waals surface area contributed by atoms with E-state index in [4.69, 9.17) is 9.84 Å². The zero-order valence-corrected chi connectivity index (χ0v) is 10.7. The number of fused-ring (bicyclic) bond motifs is 1. The number of methoxy groups -OCH3 is 1. The number of Topliss-reactive ketones (excluding diaryl/α,β-unsaturated/α-hetero) is 1. The molecule has 2 rings (SSSR count). The fourth-order valence-electron chi connectivity index (χ4n) is 1.87. The van der Waals surface area contributed by atoms with Gasteiger partial charge in [-0.05, 0) is 35.9 Å². The molecule has 2 aromatic carbocycles. The molecular weight excluding hydrogens is 244 g/mol. The van der Waals surface area contributed by atoms with Gasteiger partial charge in [0, 0.05) is 5.56 Å². The third-order valence-electron chi connectivity index (χ3n) is 3.10. The van der Waals surface area contributed by atoms with E-state index in [1.165, 1.54) is 6.92 Å². The number of benzene rings is 2. The number of aliphatic carboxylic acids is 1. The summed E-state index contributed by atoms with van der Waals surface area (Å²) in [5.74, 6) is -1.79. The third kappa shape index (κ3) is 2.57. The Morgan fingerprint density at radius 2 is 1.74 bits per heavy atom. The van der Waals surface area contributed by atoms with E-state index in [1.807, 2.05) is 12.1 Å². The van der Waals surface area contributed by atoms with Crippen molar-refractivity contribution in [2.24, 2.45) is 5.92 Å². The Bertz CT molecular complexity index is 646. The number of carboxylic acid groups (broad SMARTS) is 1. The highest BCUT2D eigenvalue weighted by atomic mass is 16.5. The van der Waals surface area contributed by atoms with Crippen LogP contribution < -0.4 is 4.74 Å². The Hall–Kier alpha value is -2.36. The second-order valence-electron chi connectivity index (χ2n) is 4.35. The number of hydrogen-bond acceptors (Lipinski definition) is 3. The maximum atomic E-state index is 11.9. The molecule has 19 heavy (non-hydrogen) atoms. The molecule has 0 bridgehead atoms. The molecule has 0 saturated carbocycles. The van der Waals surface area contributed by atoms with Gasteiger partial charge in [0.25, 0.3) is 0 Å². The summed E-state index contributed by atoms with van der Waals surface area (Å²) in [5.41, 5.74) is 0.410. The molecule has 0 saturated heterocycles. The van der Waals surface area contributed by atoms with Gasteiger partial charge >= 0.3 is 5.97 Å². The van der Waals surface area contributed by atoms with Crippen molar-refractivity contribution in [3.8, 4) is 5.75 Å². The topological polar surface area (TPSA) is 63.6 Å². The summed E-state index contributed by atoms with van der Waals surface area (Å²) >= 11 is 0. The molecule has 1 N–H and O–H groups in total. The van der Waals surface area contributed by atoms with E-state index in [2.05, 4.69) is 0 Å². The highest BCUT2D eigenvalue weighted by Crippen LogP contribution is 2.23. The third-order valence-corrected chi connectivity index (χ3v) is 3.10. The van der Waals surface area contributed by atoms with Gasteiger partial charge < -0.3 is 9.84 Å². The van der Waals surface area contributed by atoms with Crippen molar-refractivity contribution in [3.05, 3.63) is 42.0 Å². The van der Waals surface area contributed by atoms with Gasteiger partial charge in [0.05, 0.1) is 7.11 Å². The molecule has 0 aliphatic heterocycles. The summed E-state index contributed by atoms with van der Waals surface area (Å²) < 4.78 is 5.13. The van der Waals surface area contributed by atoms with E-state index in [-0.39, 0.29) is 5.78 Å². The van der Waals surface area contributed by atoms with Gasteiger partial charge in [-0.3, -0.25) is 9.59 Å². The first kappa shape index (κ1) is 13.1. The first-order chi connectivity index (χ1) is 9.02. The number of carbonyl (C=O) groups excluding carboxylic acids is 1. The lowest BCUT2D eigenvalue weighted by Crippen LogP contribution is -2.20. The SMILES string of the molecule is COc1ccc2cc(C(=O)C(C)C(=O)O)ccc2c1. The van der Waals surface area contributed by atoms with Crippen molar-refractivity contribution in [3.63, 3.8) is 0 Å². The van der Waals surface area contributed by atoms with Crippen molar-refractivity contribution >= 4 is 22.5 Å². The maximum absolute atomic E-state index is 11.9. The summed E-state index contributed by atoms with van der Waals surface area (Å²) in [6.45, 7) is 1.39. The summed E-state index contributed by atoms with van der Waals surface area (Å²) in [6, 6.07) is 10.7. The summed E-state index contributed by atoms with van der Waals surface area (Å²) in [5, 5.41) is 10.7. The first-order valence-electron chi connectivity index (χ1n) is 5.87. The minimum atomic E-state index is -1.11. The normalized spacial score (nSPS) is 12.1. The molecule has 1 unspecified atom stereocenters. The first-order valence-corrected chi connectivity index (χ1v) is 5.87. The smallest absolute Gasteiger partial charge is 0.314 e. The van der Waals surface area contributed by atoms with E-state index >= 15 is 0 Å². The average Bonchev–Trinajstić information content (AvgIpc) is 2.44. The number of ketones is 1. The van der Waals surface area contributed by atoms with Crippen LogP contribution >= 0.6 is 0 Å². The van der Waals surface area contributed by atoms with Crippen molar-refractivity contribution in [2.45, 2.75) is 6.92 Å². The van der Waals surface area contributed by atoms with E-state index in [0.29, 0.717) is 5.56 Å². The molecule has 0 aliphatic rings. The zero-order valence-electron chi connectivity index (χ0n) is 10.7. The molecule has 2 aromatic rings. The molecule has 4 nitrogen and oxygen atoms in total. The fourth-order valence-corrected chi connectivity index (χ4v) is 1.87. The lowest BCUT2D eigenvalue weighted by atomic mass is 9.97. The minimum Gasteiger partial charge on any atom is -0.497 e. The van der Waals surface area contributed by atoms with Crippen LogP contribution in [0.25, 0.3) is 10.8 Å². The van der Waals surface area contributed by atoms with Crippen molar-refractivity contribution in [1.29, 1.82) is 0 Å². The lowest BCUT2D eigenvalue weighted by Gasteiger charge is -2.07. The van der Waals surface area contributed by atoms with Gasteiger partial charge in [0.2, 0.25) is 0 Å². The summed E-state index contributed by atoms with van der Waals surface area (Å²) in [6.07, 6.45) is 0. The van der Waals surface area contributed by atoms with Crippen molar-refractivity contribution in [1.82, 2.24) is 0 Å². The van der Waals surface area contributed by atoms with Gasteiger partial charge in [-0.15, -0.1) is 0 Å². The Morgan fingerprint density at radius 3 is 2.37 bits per heavy atom. The Kier molecular flexibility index (Phi) is 3.51. The monoisotopic (exact) mass is 258 g/mol. The highest BCUT2D eigenvalue weighted by molar-refractivity contribution is 6.09. The molecule has 0 fully saturated rings. The quantitative estimate of drug-likeness (QED) is 0.676. The Morgan fingerprint density at radius 1 is 1.11 bits per heavy atom. The molecule has 0 aromatic heterocycles. The molecule has 1 atom stereocenters. The Balaban J connectivity index is 2.42. The van der Waals surface area contributed by atoms with Gasteiger partial charge in [-0.25, -0.2) is 0 Å². The standard InChI is InChI=1S/C15H14O4/c1-9(15(17)18)14(16)12-4-3-11-8-13(19-2)6-5-10(11)7-12/h3-9H,1-2H3,(H,17,18). The molecule has 0 spiro atoms. The maximum Gasteiger partial charge on any atom is 0.314 e.